The summed E-state index contributed by atoms with van der Waals surface area (Å²) in [4.78, 5) is 13.8. The molecule has 7 nitrogen and oxygen atoms in total. The molecular formula is C11H13ClFN7. The summed E-state index contributed by atoms with van der Waals surface area (Å²) in [5.41, 5.74) is 2.49. The fourth-order valence-corrected chi connectivity index (χ4v) is 1.58. The van der Waals surface area contributed by atoms with E-state index >= 15 is 0 Å². The van der Waals surface area contributed by atoms with Crippen molar-refractivity contribution in [2.24, 2.45) is 5.84 Å². The molecule has 0 atom stereocenters. The number of anilines is 4. The molecule has 0 unspecified atom stereocenters. The number of nitrogens with zero attached hydrogens (tertiary/aromatic N) is 4. The molecule has 0 saturated heterocycles. The molecule has 9 heteroatoms. The van der Waals surface area contributed by atoms with E-state index < -0.39 is 5.82 Å². The van der Waals surface area contributed by atoms with E-state index in [0.29, 0.717) is 5.95 Å². The zero-order valence-corrected chi connectivity index (χ0v) is 11.6. The molecule has 0 aliphatic heterocycles. The Labute approximate surface area is 120 Å². The number of halogens is 2. The first-order valence-corrected chi connectivity index (χ1v) is 6.00. The Hall–Kier alpha value is -2.19. The lowest BCUT2D eigenvalue weighted by Gasteiger charge is -2.13. The molecule has 1 aromatic carbocycles. The Kier molecular flexibility index (Phi) is 4.16. The normalized spacial score (nSPS) is 10.2. The first kappa shape index (κ1) is 14.2. The smallest absolute Gasteiger partial charge is 0.243 e. The van der Waals surface area contributed by atoms with Gasteiger partial charge in [-0.2, -0.15) is 15.0 Å². The third kappa shape index (κ3) is 3.03. The molecule has 1 aromatic heterocycles. The van der Waals surface area contributed by atoms with E-state index in [1.807, 2.05) is 0 Å². The minimum atomic E-state index is -0.580. The molecule has 0 aliphatic carbocycles. The van der Waals surface area contributed by atoms with Crippen LogP contribution in [0.2, 0.25) is 5.02 Å². The van der Waals surface area contributed by atoms with Crippen molar-refractivity contribution in [1.29, 1.82) is 0 Å². The van der Waals surface area contributed by atoms with Gasteiger partial charge in [0.05, 0.1) is 10.7 Å². The molecule has 0 fully saturated rings. The van der Waals surface area contributed by atoms with Gasteiger partial charge in [0.25, 0.3) is 0 Å². The maximum atomic E-state index is 13.8. The summed E-state index contributed by atoms with van der Waals surface area (Å²) in [7, 11) is 3.53. The lowest BCUT2D eigenvalue weighted by molar-refractivity contribution is 0.632. The second-order valence-corrected chi connectivity index (χ2v) is 4.45. The topological polar surface area (TPSA) is 92.0 Å². The quantitative estimate of drug-likeness (QED) is 0.585. The molecule has 0 aliphatic rings. The molecular weight excluding hydrogens is 285 g/mol. The Bertz CT molecular complexity index is 620. The lowest BCUT2D eigenvalue weighted by atomic mass is 10.3. The van der Waals surface area contributed by atoms with E-state index in [0.717, 1.165) is 0 Å². The average Bonchev–Trinajstić information content (AvgIpc) is 2.43. The van der Waals surface area contributed by atoms with E-state index in [1.54, 1.807) is 25.1 Å². The first-order valence-electron chi connectivity index (χ1n) is 5.62. The Morgan fingerprint density at radius 2 is 1.90 bits per heavy atom. The van der Waals surface area contributed by atoms with Crippen LogP contribution in [0.5, 0.6) is 0 Å². The summed E-state index contributed by atoms with van der Waals surface area (Å²) in [6.07, 6.45) is 0. The second kappa shape index (κ2) is 5.85. The van der Waals surface area contributed by atoms with Crippen LogP contribution in [0.1, 0.15) is 0 Å². The fraction of sp³-hybridized carbons (Fsp3) is 0.182. The van der Waals surface area contributed by atoms with Gasteiger partial charge in [0.1, 0.15) is 0 Å². The van der Waals surface area contributed by atoms with Gasteiger partial charge in [0.15, 0.2) is 5.82 Å². The van der Waals surface area contributed by atoms with Gasteiger partial charge < -0.3 is 10.2 Å². The van der Waals surface area contributed by atoms with Gasteiger partial charge in [-0.1, -0.05) is 17.7 Å². The van der Waals surface area contributed by atoms with E-state index in [2.05, 4.69) is 25.7 Å². The molecule has 2 aromatic rings. The van der Waals surface area contributed by atoms with Crippen molar-refractivity contribution in [1.82, 2.24) is 15.0 Å². The number of nitrogen functional groups attached to an aromatic ring is 1. The average molecular weight is 298 g/mol. The second-order valence-electron chi connectivity index (χ2n) is 4.05. The van der Waals surface area contributed by atoms with Gasteiger partial charge in [-0.15, -0.1) is 0 Å². The van der Waals surface area contributed by atoms with Crippen LogP contribution >= 0.6 is 11.6 Å². The zero-order valence-electron chi connectivity index (χ0n) is 10.9. The minimum absolute atomic E-state index is 0.00839. The van der Waals surface area contributed by atoms with Gasteiger partial charge >= 0.3 is 0 Å². The van der Waals surface area contributed by atoms with E-state index in [4.69, 9.17) is 17.4 Å². The lowest BCUT2D eigenvalue weighted by Crippen LogP contribution is -2.18. The first-order chi connectivity index (χ1) is 9.51. The number of benzene rings is 1. The highest BCUT2D eigenvalue weighted by Crippen LogP contribution is 2.24. The highest BCUT2D eigenvalue weighted by Gasteiger charge is 2.11. The van der Waals surface area contributed by atoms with Crippen LogP contribution in [-0.4, -0.2) is 29.0 Å². The van der Waals surface area contributed by atoms with E-state index in [9.17, 15) is 4.39 Å². The van der Waals surface area contributed by atoms with Crippen LogP contribution in [0, 0.1) is 5.82 Å². The number of rotatable bonds is 4. The predicted molar refractivity (Wildman–Crippen MR) is 76.7 cm³/mol. The van der Waals surface area contributed by atoms with Gasteiger partial charge in [0, 0.05) is 14.1 Å². The zero-order chi connectivity index (χ0) is 14.7. The molecule has 20 heavy (non-hydrogen) atoms. The largest absolute Gasteiger partial charge is 0.347 e. The third-order valence-corrected chi connectivity index (χ3v) is 2.64. The number of hydrazine groups is 1. The molecule has 106 valence electrons. The van der Waals surface area contributed by atoms with E-state index in [-0.39, 0.29) is 22.6 Å². The van der Waals surface area contributed by atoms with Crippen molar-refractivity contribution >= 4 is 35.1 Å². The molecule has 0 radical (unpaired) electrons. The van der Waals surface area contributed by atoms with Gasteiger partial charge in [-0.05, 0) is 12.1 Å². The number of hydrogen-bond acceptors (Lipinski definition) is 7. The van der Waals surface area contributed by atoms with Gasteiger partial charge in [-0.25, -0.2) is 10.2 Å². The maximum absolute atomic E-state index is 13.8. The van der Waals surface area contributed by atoms with Crippen molar-refractivity contribution in [2.75, 3.05) is 29.7 Å². The summed E-state index contributed by atoms with van der Waals surface area (Å²) < 4.78 is 13.8. The van der Waals surface area contributed by atoms with Crippen LogP contribution in [0.3, 0.4) is 0 Å². The van der Waals surface area contributed by atoms with Crippen LogP contribution < -0.4 is 21.5 Å². The molecule has 2 rings (SSSR count). The Balaban J connectivity index is 2.37. The summed E-state index contributed by atoms with van der Waals surface area (Å²) >= 11 is 5.71. The summed E-state index contributed by atoms with van der Waals surface area (Å²) in [6, 6.07) is 4.59. The molecule has 0 bridgehead atoms. The summed E-state index contributed by atoms with van der Waals surface area (Å²) in [5, 5.41) is 2.75. The minimum Gasteiger partial charge on any atom is -0.347 e. The Morgan fingerprint density at radius 3 is 2.55 bits per heavy atom. The maximum Gasteiger partial charge on any atom is 0.243 e. The molecule has 0 spiro atoms. The Morgan fingerprint density at radius 1 is 1.20 bits per heavy atom. The third-order valence-electron chi connectivity index (χ3n) is 2.35. The van der Waals surface area contributed by atoms with E-state index in [1.165, 1.54) is 12.1 Å². The highest BCUT2D eigenvalue weighted by molar-refractivity contribution is 6.31. The number of aromatic nitrogens is 3. The van der Waals surface area contributed by atoms with Crippen LogP contribution in [0.4, 0.5) is 27.9 Å². The molecule has 0 amide bonds. The van der Waals surface area contributed by atoms with Gasteiger partial charge in [0.2, 0.25) is 17.8 Å². The highest BCUT2D eigenvalue weighted by atomic mass is 35.5. The van der Waals surface area contributed by atoms with Crippen molar-refractivity contribution in [3.8, 4) is 0 Å². The summed E-state index contributed by atoms with van der Waals surface area (Å²) in [5.74, 6) is 5.40. The molecule has 0 saturated carbocycles. The van der Waals surface area contributed by atoms with Crippen LogP contribution in [0.25, 0.3) is 0 Å². The molecule has 4 N–H and O–H groups in total. The van der Waals surface area contributed by atoms with Crippen LogP contribution in [0.15, 0.2) is 18.2 Å². The predicted octanol–water partition coefficient (Wildman–Crippen LogP) is 1.76. The number of nitrogens with two attached hydrogens (primary N) is 1. The number of hydrogen-bond donors (Lipinski definition) is 3. The van der Waals surface area contributed by atoms with Crippen molar-refractivity contribution < 1.29 is 4.39 Å². The monoisotopic (exact) mass is 297 g/mol. The fourth-order valence-electron chi connectivity index (χ4n) is 1.41. The number of nitrogens with one attached hydrogen (secondary N) is 2. The molecule has 1 heterocycles. The summed E-state index contributed by atoms with van der Waals surface area (Å²) in [6.45, 7) is 0. The van der Waals surface area contributed by atoms with Crippen molar-refractivity contribution in [3.63, 3.8) is 0 Å². The van der Waals surface area contributed by atoms with Crippen LogP contribution in [-0.2, 0) is 0 Å². The van der Waals surface area contributed by atoms with Gasteiger partial charge in [-0.3, -0.25) is 5.43 Å². The van der Waals surface area contributed by atoms with Crippen molar-refractivity contribution in [3.05, 3.63) is 29.0 Å². The SMILES string of the molecule is CN(C)c1nc(NN)nc(Nc2cccc(Cl)c2F)n1. The standard InChI is InChI=1S/C11H13ClFN7/c1-20(2)11-17-9(16-10(18-11)19-14)15-7-5-3-4-6(12)8(7)13/h3-5H,14H2,1-2H3,(H2,15,16,17,18,19). The van der Waals surface area contributed by atoms with Crippen molar-refractivity contribution in [2.45, 2.75) is 0 Å².